The van der Waals surface area contributed by atoms with Gasteiger partial charge in [-0.3, -0.25) is 0 Å². The second kappa shape index (κ2) is 4.42. The van der Waals surface area contributed by atoms with Crippen molar-refractivity contribution in [1.82, 2.24) is 0 Å². The van der Waals surface area contributed by atoms with E-state index in [9.17, 15) is 9.50 Å². The summed E-state index contributed by atoms with van der Waals surface area (Å²) in [6, 6.07) is 4.31. The molecule has 3 atom stereocenters. The Bertz CT molecular complexity index is 378. The zero-order chi connectivity index (χ0) is 11.7. The summed E-state index contributed by atoms with van der Waals surface area (Å²) >= 11 is 0. The molecule has 0 aromatic heterocycles. The molecule has 0 bridgehead atoms. The zero-order valence-corrected chi connectivity index (χ0v) is 9.61. The van der Waals surface area contributed by atoms with Crippen LogP contribution in [0.3, 0.4) is 0 Å². The Labute approximate surface area is 95.1 Å². The molecule has 0 fully saturated rings. The molecule has 1 aliphatic heterocycles. The molecule has 0 saturated carbocycles. The first-order valence-corrected chi connectivity index (χ1v) is 5.76. The van der Waals surface area contributed by atoms with E-state index in [0.717, 1.165) is 6.42 Å². The fourth-order valence-electron chi connectivity index (χ4n) is 2.06. The zero-order valence-electron chi connectivity index (χ0n) is 9.61. The minimum atomic E-state index is -0.539. The number of hydrogen-bond acceptors (Lipinski definition) is 2. The van der Waals surface area contributed by atoms with Gasteiger partial charge in [0, 0.05) is 18.1 Å². The Morgan fingerprint density at radius 1 is 1.56 bits per heavy atom. The number of aliphatic hydroxyl groups excluding tert-OH is 1. The van der Waals surface area contributed by atoms with E-state index >= 15 is 0 Å². The number of benzene rings is 1. The molecule has 0 aliphatic carbocycles. The van der Waals surface area contributed by atoms with E-state index in [-0.39, 0.29) is 11.9 Å². The average Bonchev–Trinajstić information content (AvgIpc) is 2.27. The van der Waals surface area contributed by atoms with Gasteiger partial charge in [0.15, 0.2) is 0 Å². The molecule has 2 nitrogen and oxygen atoms in total. The van der Waals surface area contributed by atoms with Crippen LogP contribution in [0.25, 0.3) is 0 Å². The number of fused-ring (bicyclic) bond motifs is 1. The van der Waals surface area contributed by atoms with E-state index in [1.54, 1.807) is 6.07 Å². The van der Waals surface area contributed by atoms with Crippen molar-refractivity contribution in [3.63, 3.8) is 0 Å². The fraction of sp³-hybridized carbons (Fsp3) is 0.538. The Kier molecular flexibility index (Phi) is 3.15. The standard InChI is InChI=1S/C13H17FO2/c1-3-8(2)12-7-11(15)10-5-4-9(14)6-13(10)16-12/h4-6,8,11-12,15H,3,7H2,1-2H3/t8?,11-,12?/m1/s1. The van der Waals surface area contributed by atoms with Crippen LogP contribution >= 0.6 is 0 Å². The van der Waals surface area contributed by atoms with Gasteiger partial charge in [-0.25, -0.2) is 4.39 Å². The molecule has 0 spiro atoms. The predicted octanol–water partition coefficient (Wildman–Crippen LogP) is 3.06. The Hall–Kier alpha value is -1.09. The van der Waals surface area contributed by atoms with E-state index in [0.29, 0.717) is 23.7 Å². The molecule has 1 aliphatic rings. The molecule has 1 heterocycles. The minimum Gasteiger partial charge on any atom is -0.490 e. The summed E-state index contributed by atoms with van der Waals surface area (Å²) in [6.45, 7) is 4.17. The molecule has 0 amide bonds. The van der Waals surface area contributed by atoms with Gasteiger partial charge in [0.05, 0.1) is 6.10 Å². The lowest BCUT2D eigenvalue weighted by molar-refractivity contribution is 0.0372. The molecule has 2 rings (SSSR count). The Morgan fingerprint density at radius 3 is 3.00 bits per heavy atom. The highest BCUT2D eigenvalue weighted by Gasteiger charge is 2.29. The summed E-state index contributed by atoms with van der Waals surface area (Å²) in [5.74, 6) is 0.533. The molecule has 1 aromatic rings. The summed E-state index contributed by atoms with van der Waals surface area (Å²) in [7, 11) is 0. The number of halogens is 1. The van der Waals surface area contributed by atoms with Crippen LogP contribution in [0.4, 0.5) is 4.39 Å². The van der Waals surface area contributed by atoms with Crippen LogP contribution in [0.1, 0.15) is 38.4 Å². The maximum Gasteiger partial charge on any atom is 0.128 e. The van der Waals surface area contributed by atoms with Crippen molar-refractivity contribution in [1.29, 1.82) is 0 Å². The van der Waals surface area contributed by atoms with Crippen molar-refractivity contribution in [2.24, 2.45) is 5.92 Å². The van der Waals surface area contributed by atoms with Crippen molar-refractivity contribution < 1.29 is 14.2 Å². The maximum absolute atomic E-state index is 13.1. The van der Waals surface area contributed by atoms with Crippen LogP contribution in [-0.4, -0.2) is 11.2 Å². The molecule has 3 heteroatoms. The van der Waals surface area contributed by atoms with Crippen LogP contribution in [0.2, 0.25) is 0 Å². The van der Waals surface area contributed by atoms with Gasteiger partial charge in [0.2, 0.25) is 0 Å². The Morgan fingerprint density at radius 2 is 2.31 bits per heavy atom. The fourth-order valence-corrected chi connectivity index (χ4v) is 2.06. The third-order valence-corrected chi connectivity index (χ3v) is 3.35. The normalized spacial score (nSPS) is 25.8. The van der Waals surface area contributed by atoms with Gasteiger partial charge in [-0.2, -0.15) is 0 Å². The highest BCUT2D eigenvalue weighted by atomic mass is 19.1. The van der Waals surface area contributed by atoms with Crippen molar-refractivity contribution in [2.45, 2.75) is 38.9 Å². The van der Waals surface area contributed by atoms with Gasteiger partial charge in [-0.15, -0.1) is 0 Å². The summed E-state index contributed by atoms with van der Waals surface area (Å²) < 4.78 is 18.8. The van der Waals surface area contributed by atoms with Gasteiger partial charge >= 0.3 is 0 Å². The first-order chi connectivity index (χ1) is 7.61. The van der Waals surface area contributed by atoms with Gasteiger partial charge < -0.3 is 9.84 Å². The number of aliphatic hydroxyl groups is 1. The minimum absolute atomic E-state index is 0.0192. The van der Waals surface area contributed by atoms with Gasteiger partial charge in [0.1, 0.15) is 17.7 Å². The molecule has 1 N–H and O–H groups in total. The Balaban J connectivity index is 2.27. The summed E-state index contributed by atoms with van der Waals surface area (Å²) in [5.41, 5.74) is 0.695. The average molecular weight is 224 g/mol. The van der Waals surface area contributed by atoms with Crippen LogP contribution in [0, 0.1) is 11.7 Å². The molecule has 1 aromatic carbocycles. The largest absolute Gasteiger partial charge is 0.490 e. The third kappa shape index (κ3) is 2.05. The molecule has 2 unspecified atom stereocenters. The lowest BCUT2D eigenvalue weighted by Gasteiger charge is -2.32. The second-order valence-corrected chi connectivity index (χ2v) is 4.48. The van der Waals surface area contributed by atoms with Gasteiger partial charge in [-0.05, 0) is 18.1 Å². The number of ether oxygens (including phenoxy) is 1. The first kappa shape index (κ1) is 11.4. The molecular weight excluding hydrogens is 207 g/mol. The summed E-state index contributed by atoms with van der Waals surface area (Å²) in [5, 5.41) is 9.96. The first-order valence-electron chi connectivity index (χ1n) is 5.76. The topological polar surface area (TPSA) is 29.5 Å². The summed E-state index contributed by atoms with van der Waals surface area (Å²) in [6.07, 6.45) is 1.02. The molecular formula is C13H17FO2. The number of rotatable bonds is 2. The van der Waals surface area contributed by atoms with Crippen LogP contribution in [-0.2, 0) is 0 Å². The van der Waals surface area contributed by atoms with Crippen molar-refractivity contribution in [3.8, 4) is 5.75 Å². The van der Waals surface area contributed by atoms with Crippen LogP contribution in [0.15, 0.2) is 18.2 Å². The molecule has 0 radical (unpaired) electrons. The van der Waals surface area contributed by atoms with E-state index in [2.05, 4.69) is 13.8 Å². The summed E-state index contributed by atoms with van der Waals surface area (Å²) in [4.78, 5) is 0. The SMILES string of the molecule is CCC(C)C1C[C@@H](O)c2ccc(F)cc2O1. The third-order valence-electron chi connectivity index (χ3n) is 3.35. The van der Waals surface area contributed by atoms with Gasteiger partial charge in [0.25, 0.3) is 0 Å². The maximum atomic E-state index is 13.1. The van der Waals surface area contributed by atoms with Crippen molar-refractivity contribution in [2.75, 3.05) is 0 Å². The van der Waals surface area contributed by atoms with Crippen molar-refractivity contribution >= 4 is 0 Å². The van der Waals surface area contributed by atoms with Crippen molar-refractivity contribution in [3.05, 3.63) is 29.6 Å². The molecule has 16 heavy (non-hydrogen) atoms. The highest BCUT2D eigenvalue weighted by molar-refractivity contribution is 5.37. The van der Waals surface area contributed by atoms with Crippen LogP contribution < -0.4 is 4.74 Å². The quantitative estimate of drug-likeness (QED) is 0.836. The lowest BCUT2D eigenvalue weighted by Crippen LogP contribution is -2.31. The second-order valence-electron chi connectivity index (χ2n) is 4.48. The predicted molar refractivity (Wildman–Crippen MR) is 59.8 cm³/mol. The monoisotopic (exact) mass is 224 g/mol. The van der Waals surface area contributed by atoms with E-state index < -0.39 is 6.10 Å². The van der Waals surface area contributed by atoms with E-state index in [1.165, 1.54) is 12.1 Å². The lowest BCUT2D eigenvalue weighted by atomic mass is 9.91. The molecule has 0 saturated heterocycles. The van der Waals surface area contributed by atoms with Gasteiger partial charge in [-0.1, -0.05) is 20.3 Å². The molecule has 88 valence electrons. The van der Waals surface area contributed by atoms with E-state index in [1.807, 2.05) is 0 Å². The van der Waals surface area contributed by atoms with Crippen LogP contribution in [0.5, 0.6) is 5.75 Å². The highest BCUT2D eigenvalue weighted by Crippen LogP contribution is 2.37. The van der Waals surface area contributed by atoms with E-state index in [4.69, 9.17) is 4.74 Å². The number of hydrogen-bond donors (Lipinski definition) is 1. The smallest absolute Gasteiger partial charge is 0.128 e.